The summed E-state index contributed by atoms with van der Waals surface area (Å²) in [5.74, 6) is -0.595. The summed E-state index contributed by atoms with van der Waals surface area (Å²) in [5, 5.41) is 5.18. The van der Waals surface area contributed by atoms with Crippen LogP contribution in [0.4, 0.5) is 0 Å². The molecule has 6 nitrogen and oxygen atoms in total. The number of carbonyl (C=O) groups is 1. The SMILES string of the molecule is Cc1cc(=O)n2nc(COC(=O)c3ccc(Cl)cc3Cl)sc2n1. The lowest BCUT2D eigenvalue weighted by atomic mass is 10.2. The molecule has 0 aliphatic heterocycles. The van der Waals surface area contributed by atoms with E-state index in [1.807, 2.05) is 0 Å². The number of fused-ring (bicyclic) bond motifs is 1. The molecule has 0 N–H and O–H groups in total. The van der Waals surface area contributed by atoms with Crippen molar-refractivity contribution in [2.45, 2.75) is 13.5 Å². The molecular formula is C14H9Cl2N3O3S. The number of hydrogen-bond acceptors (Lipinski definition) is 6. The summed E-state index contributed by atoms with van der Waals surface area (Å²) < 4.78 is 6.35. The van der Waals surface area contributed by atoms with Crippen molar-refractivity contribution >= 4 is 45.5 Å². The number of benzene rings is 1. The van der Waals surface area contributed by atoms with E-state index in [0.29, 0.717) is 20.7 Å². The van der Waals surface area contributed by atoms with Crippen LogP contribution in [0.2, 0.25) is 10.0 Å². The van der Waals surface area contributed by atoms with Crippen LogP contribution in [-0.2, 0) is 11.3 Å². The topological polar surface area (TPSA) is 73.6 Å². The first-order chi connectivity index (χ1) is 10.9. The van der Waals surface area contributed by atoms with E-state index in [2.05, 4.69) is 10.1 Å². The largest absolute Gasteiger partial charge is 0.455 e. The zero-order valence-corrected chi connectivity index (χ0v) is 14.1. The molecule has 0 saturated carbocycles. The fourth-order valence-corrected chi connectivity index (χ4v) is 3.22. The van der Waals surface area contributed by atoms with Crippen LogP contribution in [-0.4, -0.2) is 20.6 Å². The van der Waals surface area contributed by atoms with Crippen molar-refractivity contribution in [3.8, 4) is 0 Å². The molecule has 0 fully saturated rings. The quantitative estimate of drug-likeness (QED) is 0.663. The van der Waals surface area contributed by atoms with Crippen LogP contribution in [0.15, 0.2) is 29.1 Å². The van der Waals surface area contributed by atoms with Crippen molar-refractivity contribution in [3.05, 3.63) is 60.9 Å². The summed E-state index contributed by atoms with van der Waals surface area (Å²) in [6.45, 7) is 1.65. The van der Waals surface area contributed by atoms with Crippen LogP contribution >= 0.6 is 34.5 Å². The van der Waals surface area contributed by atoms with Gasteiger partial charge in [0.2, 0.25) is 4.96 Å². The molecule has 3 rings (SSSR count). The first-order valence-corrected chi connectivity index (χ1v) is 8.00. The highest BCUT2D eigenvalue weighted by molar-refractivity contribution is 7.16. The maximum atomic E-state index is 12.0. The maximum Gasteiger partial charge on any atom is 0.340 e. The Kier molecular flexibility index (Phi) is 4.34. The third kappa shape index (κ3) is 3.36. The molecule has 0 spiro atoms. The molecule has 9 heteroatoms. The smallest absolute Gasteiger partial charge is 0.340 e. The summed E-state index contributed by atoms with van der Waals surface area (Å²) >= 11 is 12.9. The monoisotopic (exact) mass is 369 g/mol. The van der Waals surface area contributed by atoms with E-state index >= 15 is 0 Å². The Morgan fingerprint density at radius 3 is 2.87 bits per heavy atom. The van der Waals surface area contributed by atoms with E-state index in [4.69, 9.17) is 27.9 Å². The van der Waals surface area contributed by atoms with Crippen LogP contribution in [0.1, 0.15) is 21.1 Å². The first-order valence-electron chi connectivity index (χ1n) is 6.42. The van der Waals surface area contributed by atoms with Crippen LogP contribution in [0.25, 0.3) is 4.96 Å². The second kappa shape index (κ2) is 6.27. The van der Waals surface area contributed by atoms with Gasteiger partial charge >= 0.3 is 5.97 Å². The Labute approximate surface area is 144 Å². The normalized spacial score (nSPS) is 10.9. The number of hydrogen-bond donors (Lipinski definition) is 0. The predicted octanol–water partition coefficient (Wildman–Crippen LogP) is 3.12. The van der Waals surface area contributed by atoms with E-state index in [-0.39, 0.29) is 22.8 Å². The van der Waals surface area contributed by atoms with Gasteiger partial charge in [-0.2, -0.15) is 9.61 Å². The maximum absolute atomic E-state index is 12.0. The lowest BCUT2D eigenvalue weighted by Gasteiger charge is -2.04. The molecule has 0 unspecified atom stereocenters. The van der Waals surface area contributed by atoms with Gasteiger partial charge in [0.15, 0.2) is 5.01 Å². The average Bonchev–Trinajstić information content (AvgIpc) is 2.88. The van der Waals surface area contributed by atoms with Crippen molar-refractivity contribution in [2.75, 3.05) is 0 Å². The number of ether oxygens (including phenoxy) is 1. The van der Waals surface area contributed by atoms with Crippen LogP contribution in [0.5, 0.6) is 0 Å². The van der Waals surface area contributed by atoms with Crippen LogP contribution in [0, 0.1) is 6.92 Å². The average molecular weight is 370 g/mol. The van der Waals surface area contributed by atoms with Crippen molar-refractivity contribution in [1.29, 1.82) is 0 Å². The third-order valence-electron chi connectivity index (χ3n) is 2.89. The minimum Gasteiger partial charge on any atom is -0.455 e. The zero-order valence-electron chi connectivity index (χ0n) is 11.7. The van der Waals surface area contributed by atoms with Crippen LogP contribution < -0.4 is 5.56 Å². The number of carbonyl (C=O) groups excluding carboxylic acids is 1. The Morgan fingerprint density at radius 1 is 1.35 bits per heavy atom. The standard InChI is InChI=1S/C14H9Cl2N3O3S/c1-7-4-12(20)19-14(17-7)23-11(18-19)6-22-13(21)9-3-2-8(15)5-10(9)16/h2-5H,6H2,1H3. The molecule has 0 saturated heterocycles. The van der Waals surface area contributed by atoms with E-state index in [0.717, 1.165) is 0 Å². The Balaban J connectivity index is 1.79. The van der Waals surface area contributed by atoms with E-state index < -0.39 is 5.97 Å². The minimum absolute atomic E-state index is 0.0791. The van der Waals surface area contributed by atoms with Gasteiger partial charge in [0.05, 0.1) is 10.6 Å². The molecule has 0 aliphatic carbocycles. The van der Waals surface area contributed by atoms with Crippen molar-refractivity contribution in [1.82, 2.24) is 14.6 Å². The highest BCUT2D eigenvalue weighted by atomic mass is 35.5. The van der Waals surface area contributed by atoms with E-state index in [9.17, 15) is 9.59 Å². The van der Waals surface area contributed by atoms with Gasteiger partial charge in [0.25, 0.3) is 5.56 Å². The zero-order chi connectivity index (χ0) is 16.6. The molecule has 0 amide bonds. The summed E-state index contributed by atoms with van der Waals surface area (Å²) in [6, 6.07) is 5.88. The number of aryl methyl sites for hydroxylation is 1. The molecule has 2 heterocycles. The molecule has 118 valence electrons. The van der Waals surface area contributed by atoms with Gasteiger partial charge in [0.1, 0.15) is 6.61 Å². The Hall–Kier alpha value is -1.96. The Morgan fingerprint density at radius 2 is 2.13 bits per heavy atom. The fraction of sp³-hybridized carbons (Fsp3) is 0.143. The van der Waals surface area contributed by atoms with Gasteiger partial charge in [-0.25, -0.2) is 9.78 Å². The Bertz CT molecular complexity index is 968. The van der Waals surface area contributed by atoms with Gasteiger partial charge in [-0.1, -0.05) is 34.5 Å². The van der Waals surface area contributed by atoms with Gasteiger partial charge in [-0.3, -0.25) is 4.79 Å². The number of rotatable bonds is 3. The summed E-state index contributed by atoms with van der Waals surface area (Å²) in [6.07, 6.45) is 0. The summed E-state index contributed by atoms with van der Waals surface area (Å²) in [7, 11) is 0. The fourth-order valence-electron chi connectivity index (χ4n) is 1.88. The predicted molar refractivity (Wildman–Crippen MR) is 87.5 cm³/mol. The molecule has 0 radical (unpaired) electrons. The second-order valence-corrected chi connectivity index (χ2v) is 6.51. The van der Waals surface area contributed by atoms with Crippen molar-refractivity contribution < 1.29 is 9.53 Å². The lowest BCUT2D eigenvalue weighted by Crippen LogP contribution is -2.14. The van der Waals surface area contributed by atoms with Gasteiger partial charge < -0.3 is 4.74 Å². The van der Waals surface area contributed by atoms with Gasteiger partial charge in [-0.05, 0) is 25.1 Å². The van der Waals surface area contributed by atoms with Crippen molar-refractivity contribution in [2.24, 2.45) is 0 Å². The molecule has 23 heavy (non-hydrogen) atoms. The van der Waals surface area contributed by atoms with Crippen molar-refractivity contribution in [3.63, 3.8) is 0 Å². The molecule has 0 atom stereocenters. The molecular weight excluding hydrogens is 361 g/mol. The highest BCUT2D eigenvalue weighted by Crippen LogP contribution is 2.22. The molecule has 1 aromatic carbocycles. The molecule has 2 aromatic heterocycles. The van der Waals surface area contributed by atoms with E-state index in [1.54, 1.807) is 13.0 Å². The minimum atomic E-state index is -0.595. The number of esters is 1. The first kappa shape index (κ1) is 15.9. The van der Waals surface area contributed by atoms with Gasteiger partial charge in [-0.15, -0.1) is 0 Å². The highest BCUT2D eigenvalue weighted by Gasteiger charge is 2.14. The summed E-state index contributed by atoms with van der Waals surface area (Å²) in [4.78, 5) is 28.5. The van der Waals surface area contributed by atoms with Gasteiger partial charge in [0, 0.05) is 16.8 Å². The molecule has 3 aromatic rings. The molecule has 0 aliphatic rings. The van der Waals surface area contributed by atoms with Crippen LogP contribution in [0.3, 0.4) is 0 Å². The summed E-state index contributed by atoms with van der Waals surface area (Å²) in [5.41, 5.74) is 0.542. The number of halogens is 2. The number of aromatic nitrogens is 3. The lowest BCUT2D eigenvalue weighted by molar-refractivity contribution is 0.0471. The number of nitrogens with zero attached hydrogens (tertiary/aromatic N) is 3. The second-order valence-electron chi connectivity index (χ2n) is 4.63. The third-order valence-corrected chi connectivity index (χ3v) is 4.32. The van der Waals surface area contributed by atoms with E-state index in [1.165, 1.54) is 34.1 Å². The molecule has 0 bridgehead atoms.